The first-order valence-corrected chi connectivity index (χ1v) is 6.82. The van der Waals surface area contributed by atoms with Crippen molar-refractivity contribution < 1.29 is 9.47 Å². The van der Waals surface area contributed by atoms with Crippen LogP contribution in [0.15, 0.2) is 24.3 Å². The molecule has 18 heavy (non-hydrogen) atoms. The Morgan fingerprint density at radius 2 is 1.89 bits per heavy atom. The molecule has 0 saturated heterocycles. The second-order valence-electron chi connectivity index (χ2n) is 4.28. The number of nitrogens with one attached hydrogen (secondary N) is 1. The van der Waals surface area contributed by atoms with Crippen LogP contribution >= 0.6 is 0 Å². The van der Waals surface area contributed by atoms with E-state index >= 15 is 0 Å². The van der Waals surface area contributed by atoms with Crippen LogP contribution in [0.3, 0.4) is 0 Å². The highest BCUT2D eigenvalue weighted by molar-refractivity contribution is 5.35. The molecule has 1 atom stereocenters. The summed E-state index contributed by atoms with van der Waals surface area (Å²) < 4.78 is 11.2. The highest BCUT2D eigenvalue weighted by atomic mass is 16.5. The van der Waals surface area contributed by atoms with Crippen molar-refractivity contribution in [3.8, 4) is 5.75 Å². The number of hydrogen-bond donors (Lipinski definition) is 1. The minimum absolute atomic E-state index is 0.308. The Balaban J connectivity index is 2.48. The zero-order valence-electron chi connectivity index (χ0n) is 11.7. The quantitative estimate of drug-likeness (QED) is 0.684. The molecular formula is C15H25NO2. The van der Waals surface area contributed by atoms with E-state index in [1.807, 2.05) is 18.2 Å². The van der Waals surface area contributed by atoms with Gasteiger partial charge < -0.3 is 14.8 Å². The third-order valence-electron chi connectivity index (χ3n) is 2.73. The maximum atomic E-state index is 5.79. The van der Waals surface area contributed by atoms with Crippen LogP contribution in [0.4, 0.5) is 0 Å². The van der Waals surface area contributed by atoms with Gasteiger partial charge in [-0.3, -0.25) is 0 Å². The average Bonchev–Trinajstić information content (AvgIpc) is 2.39. The van der Waals surface area contributed by atoms with Crippen molar-refractivity contribution in [2.24, 2.45) is 0 Å². The van der Waals surface area contributed by atoms with E-state index in [1.165, 1.54) is 5.56 Å². The molecule has 3 heteroatoms. The normalized spacial score (nSPS) is 12.4. The zero-order valence-corrected chi connectivity index (χ0v) is 11.7. The van der Waals surface area contributed by atoms with E-state index in [2.05, 4.69) is 32.2 Å². The third-order valence-corrected chi connectivity index (χ3v) is 2.73. The number of hydrogen-bond acceptors (Lipinski definition) is 3. The minimum atomic E-state index is 0.308. The number of benzene rings is 1. The molecule has 1 aromatic rings. The molecule has 0 aliphatic heterocycles. The summed E-state index contributed by atoms with van der Waals surface area (Å²) in [6.07, 6.45) is 1.05. The Bertz CT molecular complexity index is 328. The highest BCUT2D eigenvalue weighted by Crippen LogP contribution is 2.24. The predicted octanol–water partition coefficient (Wildman–Crippen LogP) is 3.16. The molecule has 0 bridgehead atoms. The number of ether oxygens (including phenoxy) is 2. The maximum Gasteiger partial charge on any atom is 0.124 e. The monoisotopic (exact) mass is 251 g/mol. The van der Waals surface area contributed by atoms with E-state index in [0.717, 1.165) is 25.3 Å². The molecule has 1 aromatic carbocycles. The van der Waals surface area contributed by atoms with Gasteiger partial charge in [0.25, 0.3) is 0 Å². The largest absolute Gasteiger partial charge is 0.491 e. The van der Waals surface area contributed by atoms with Crippen LogP contribution in [0.5, 0.6) is 5.75 Å². The molecule has 0 aliphatic carbocycles. The first-order chi connectivity index (χ1) is 8.79. The molecule has 1 unspecified atom stereocenters. The molecule has 0 saturated carbocycles. The van der Waals surface area contributed by atoms with Crippen molar-refractivity contribution in [3.63, 3.8) is 0 Å². The molecule has 0 aromatic heterocycles. The van der Waals surface area contributed by atoms with E-state index in [0.29, 0.717) is 19.3 Å². The molecule has 0 spiro atoms. The topological polar surface area (TPSA) is 30.5 Å². The lowest BCUT2D eigenvalue weighted by Gasteiger charge is -2.17. The Morgan fingerprint density at radius 1 is 1.11 bits per heavy atom. The van der Waals surface area contributed by atoms with Crippen LogP contribution in [0.1, 0.15) is 38.8 Å². The second kappa shape index (κ2) is 8.95. The molecule has 1 N–H and O–H groups in total. The predicted molar refractivity (Wildman–Crippen MR) is 75.1 cm³/mol. The van der Waals surface area contributed by atoms with Gasteiger partial charge in [0.05, 0.1) is 6.61 Å². The Kier molecular flexibility index (Phi) is 7.46. The minimum Gasteiger partial charge on any atom is -0.491 e. The van der Waals surface area contributed by atoms with Crippen molar-refractivity contribution in [1.29, 1.82) is 0 Å². The first-order valence-electron chi connectivity index (χ1n) is 6.82. The van der Waals surface area contributed by atoms with Crippen LogP contribution in [-0.2, 0) is 4.74 Å². The van der Waals surface area contributed by atoms with Crippen molar-refractivity contribution in [1.82, 2.24) is 5.32 Å². The Labute approximate surface area is 110 Å². The van der Waals surface area contributed by atoms with Gasteiger partial charge in [-0.2, -0.15) is 0 Å². The summed E-state index contributed by atoms with van der Waals surface area (Å²) in [5.74, 6) is 0.950. The molecule has 0 fully saturated rings. The summed E-state index contributed by atoms with van der Waals surface area (Å²) in [5.41, 5.74) is 1.20. The van der Waals surface area contributed by atoms with Gasteiger partial charge in [-0.15, -0.1) is 0 Å². The summed E-state index contributed by atoms with van der Waals surface area (Å²) >= 11 is 0. The maximum absolute atomic E-state index is 5.79. The molecule has 102 valence electrons. The van der Waals surface area contributed by atoms with E-state index in [-0.39, 0.29) is 0 Å². The molecule has 0 heterocycles. The second-order valence-corrected chi connectivity index (χ2v) is 4.28. The molecule has 0 aliphatic rings. The summed E-state index contributed by atoms with van der Waals surface area (Å²) in [6.45, 7) is 9.38. The fourth-order valence-corrected chi connectivity index (χ4v) is 1.84. The molecular weight excluding hydrogens is 226 g/mol. The van der Waals surface area contributed by atoms with Gasteiger partial charge in [-0.05, 0) is 26.0 Å². The van der Waals surface area contributed by atoms with Crippen LogP contribution in [0.25, 0.3) is 0 Å². The Hall–Kier alpha value is -1.06. The van der Waals surface area contributed by atoms with Gasteiger partial charge in [0.1, 0.15) is 12.4 Å². The van der Waals surface area contributed by atoms with Gasteiger partial charge in [0.15, 0.2) is 0 Å². The average molecular weight is 251 g/mol. The summed E-state index contributed by atoms with van der Waals surface area (Å²) in [4.78, 5) is 0. The zero-order chi connectivity index (χ0) is 13.2. The van der Waals surface area contributed by atoms with Gasteiger partial charge in [-0.1, -0.05) is 32.0 Å². The number of para-hydroxylation sites is 1. The smallest absolute Gasteiger partial charge is 0.124 e. The van der Waals surface area contributed by atoms with Crippen molar-refractivity contribution >= 4 is 0 Å². The molecule has 3 nitrogen and oxygen atoms in total. The Morgan fingerprint density at radius 3 is 2.61 bits per heavy atom. The first kappa shape index (κ1) is 15.0. The lowest BCUT2D eigenvalue weighted by molar-refractivity contribution is 0.100. The SMILES string of the molecule is CCCOCCOc1ccccc1C(C)NCC. The van der Waals surface area contributed by atoms with Crippen LogP contribution in [0, 0.1) is 0 Å². The molecule has 0 amide bonds. The van der Waals surface area contributed by atoms with Crippen molar-refractivity contribution in [2.45, 2.75) is 33.2 Å². The highest BCUT2D eigenvalue weighted by Gasteiger charge is 2.09. The molecule has 1 rings (SSSR count). The van der Waals surface area contributed by atoms with Gasteiger partial charge >= 0.3 is 0 Å². The van der Waals surface area contributed by atoms with Gasteiger partial charge in [0, 0.05) is 18.2 Å². The fourth-order valence-electron chi connectivity index (χ4n) is 1.84. The standard InChI is InChI=1S/C15H25NO2/c1-4-10-17-11-12-18-15-9-7-6-8-14(15)13(3)16-5-2/h6-9,13,16H,4-5,10-12H2,1-3H3. The molecule has 0 radical (unpaired) electrons. The van der Waals surface area contributed by atoms with Crippen LogP contribution in [0.2, 0.25) is 0 Å². The van der Waals surface area contributed by atoms with Gasteiger partial charge in [-0.25, -0.2) is 0 Å². The van der Waals surface area contributed by atoms with Crippen molar-refractivity contribution in [2.75, 3.05) is 26.4 Å². The summed E-state index contributed by atoms with van der Waals surface area (Å²) in [7, 11) is 0. The van der Waals surface area contributed by atoms with E-state index in [9.17, 15) is 0 Å². The number of rotatable bonds is 9. The van der Waals surface area contributed by atoms with E-state index in [4.69, 9.17) is 9.47 Å². The van der Waals surface area contributed by atoms with Crippen LogP contribution in [-0.4, -0.2) is 26.4 Å². The van der Waals surface area contributed by atoms with E-state index in [1.54, 1.807) is 0 Å². The van der Waals surface area contributed by atoms with E-state index < -0.39 is 0 Å². The third kappa shape index (κ3) is 5.07. The van der Waals surface area contributed by atoms with Crippen molar-refractivity contribution in [3.05, 3.63) is 29.8 Å². The van der Waals surface area contributed by atoms with Gasteiger partial charge in [0.2, 0.25) is 0 Å². The summed E-state index contributed by atoms with van der Waals surface area (Å²) in [5, 5.41) is 3.40. The fraction of sp³-hybridized carbons (Fsp3) is 0.600. The summed E-state index contributed by atoms with van der Waals surface area (Å²) in [6, 6.07) is 8.48. The lowest BCUT2D eigenvalue weighted by atomic mass is 10.1. The lowest BCUT2D eigenvalue weighted by Crippen LogP contribution is -2.19. The van der Waals surface area contributed by atoms with Crippen LogP contribution < -0.4 is 10.1 Å².